The number of rotatable bonds is 4. The Morgan fingerprint density at radius 3 is 2.43 bits per heavy atom. The monoisotopic (exact) mass is 381 g/mol. The Labute approximate surface area is 164 Å². The zero-order valence-electron chi connectivity index (χ0n) is 16.7. The zero-order valence-corrected chi connectivity index (χ0v) is 16.7. The van der Waals surface area contributed by atoms with E-state index in [1.807, 2.05) is 25.2 Å². The summed E-state index contributed by atoms with van der Waals surface area (Å²) in [5, 5.41) is 7.83. The largest absolute Gasteiger partial charge is 0.465 e. The van der Waals surface area contributed by atoms with Gasteiger partial charge in [-0.1, -0.05) is 39.0 Å². The van der Waals surface area contributed by atoms with E-state index in [2.05, 4.69) is 31.2 Å². The van der Waals surface area contributed by atoms with Gasteiger partial charge in [-0.2, -0.15) is 5.10 Å². The summed E-state index contributed by atoms with van der Waals surface area (Å²) < 4.78 is 20.3. The van der Waals surface area contributed by atoms with Gasteiger partial charge in [-0.25, -0.2) is 9.18 Å². The number of anilines is 2. The first kappa shape index (κ1) is 19.6. The second-order valence-electron chi connectivity index (χ2n) is 7.68. The minimum atomic E-state index is -0.452. The summed E-state index contributed by atoms with van der Waals surface area (Å²) >= 11 is 0. The Morgan fingerprint density at radius 2 is 1.82 bits per heavy atom. The highest BCUT2D eigenvalue weighted by atomic mass is 19.1. The molecular weight excluding hydrogens is 357 g/mol. The quantitative estimate of drug-likeness (QED) is 0.642. The highest BCUT2D eigenvalue weighted by Gasteiger charge is 2.20. The highest BCUT2D eigenvalue weighted by molar-refractivity contribution is 5.97. The number of esters is 1. The van der Waals surface area contributed by atoms with Crippen molar-refractivity contribution in [2.75, 3.05) is 12.4 Å². The Kier molecular flexibility index (Phi) is 5.23. The molecule has 1 heterocycles. The van der Waals surface area contributed by atoms with Crippen LogP contribution in [-0.4, -0.2) is 22.9 Å². The van der Waals surface area contributed by atoms with Crippen molar-refractivity contribution < 1.29 is 13.9 Å². The van der Waals surface area contributed by atoms with E-state index < -0.39 is 5.97 Å². The molecule has 1 aromatic heterocycles. The maximum absolute atomic E-state index is 13.6. The lowest BCUT2D eigenvalue weighted by Gasteiger charge is -2.14. The molecule has 0 unspecified atom stereocenters. The lowest BCUT2D eigenvalue weighted by atomic mass is 9.92. The highest BCUT2D eigenvalue weighted by Crippen LogP contribution is 2.30. The van der Waals surface area contributed by atoms with Crippen LogP contribution < -0.4 is 5.32 Å². The van der Waals surface area contributed by atoms with E-state index in [1.165, 1.54) is 19.2 Å². The molecule has 0 aliphatic carbocycles. The molecule has 0 fully saturated rings. The molecule has 1 N–H and O–H groups in total. The van der Waals surface area contributed by atoms with Crippen molar-refractivity contribution in [3.8, 4) is 11.1 Å². The molecule has 2 aromatic carbocycles. The summed E-state index contributed by atoms with van der Waals surface area (Å²) in [4.78, 5) is 12.2. The molecule has 6 heteroatoms. The average Bonchev–Trinajstić information content (AvgIpc) is 3.02. The van der Waals surface area contributed by atoms with E-state index in [0.717, 1.165) is 22.6 Å². The smallest absolute Gasteiger partial charge is 0.339 e. The molecule has 0 bridgehead atoms. The van der Waals surface area contributed by atoms with E-state index >= 15 is 0 Å². The number of nitrogens with zero attached hydrogens (tertiary/aromatic N) is 2. The Bertz CT molecular complexity index is 1020. The number of halogens is 1. The van der Waals surface area contributed by atoms with Gasteiger partial charge in [0.15, 0.2) is 0 Å². The molecule has 0 aliphatic heterocycles. The van der Waals surface area contributed by atoms with Crippen LogP contribution in [-0.2, 0) is 17.2 Å². The van der Waals surface area contributed by atoms with Crippen molar-refractivity contribution in [2.24, 2.45) is 7.05 Å². The molecule has 3 aromatic rings. The van der Waals surface area contributed by atoms with E-state index in [9.17, 15) is 9.18 Å². The number of aryl methyl sites for hydroxylation is 1. The molecule has 0 atom stereocenters. The van der Waals surface area contributed by atoms with Crippen LogP contribution in [0.25, 0.3) is 11.1 Å². The standard InChI is InChI=1S/C22H24FN3O2/c1-22(2,3)19-13-20(26(4)25-19)24-18-12-15(9-10-17(18)21(27)28-5)14-7-6-8-16(23)11-14/h6-13,24H,1-5H3. The number of carbonyl (C=O) groups excluding carboxylic acids is 1. The summed E-state index contributed by atoms with van der Waals surface area (Å²) in [6.45, 7) is 6.26. The van der Waals surface area contributed by atoms with Crippen LogP contribution in [0, 0.1) is 5.82 Å². The SMILES string of the molecule is COC(=O)c1ccc(-c2cccc(F)c2)cc1Nc1cc(C(C)(C)C)nn1C. The fourth-order valence-electron chi connectivity index (χ4n) is 2.87. The van der Waals surface area contributed by atoms with E-state index in [-0.39, 0.29) is 11.2 Å². The minimum Gasteiger partial charge on any atom is -0.465 e. The van der Waals surface area contributed by atoms with E-state index in [0.29, 0.717) is 11.3 Å². The minimum absolute atomic E-state index is 0.105. The van der Waals surface area contributed by atoms with Crippen LogP contribution in [0.15, 0.2) is 48.5 Å². The molecule has 0 spiro atoms. The number of ether oxygens (including phenoxy) is 1. The molecule has 0 saturated carbocycles. The molecular formula is C22H24FN3O2. The number of carbonyl (C=O) groups is 1. The fraction of sp³-hybridized carbons (Fsp3) is 0.273. The number of nitrogens with one attached hydrogen (secondary N) is 1. The number of aromatic nitrogens is 2. The van der Waals surface area contributed by atoms with Crippen molar-refractivity contribution in [1.82, 2.24) is 9.78 Å². The van der Waals surface area contributed by atoms with Gasteiger partial charge in [0.1, 0.15) is 11.6 Å². The van der Waals surface area contributed by atoms with Crippen LogP contribution in [0.1, 0.15) is 36.8 Å². The first-order chi connectivity index (χ1) is 13.2. The summed E-state index contributed by atoms with van der Waals surface area (Å²) in [5.41, 5.74) is 3.29. The van der Waals surface area contributed by atoms with Gasteiger partial charge in [0.25, 0.3) is 0 Å². The first-order valence-corrected chi connectivity index (χ1v) is 8.99. The summed E-state index contributed by atoms with van der Waals surface area (Å²) in [5.74, 6) is -0.0246. The van der Waals surface area contributed by atoms with Crippen LogP contribution in [0.4, 0.5) is 15.9 Å². The van der Waals surface area contributed by atoms with Crippen LogP contribution in [0.2, 0.25) is 0 Å². The zero-order chi connectivity index (χ0) is 20.5. The van der Waals surface area contributed by atoms with Crippen molar-refractivity contribution >= 4 is 17.5 Å². The Hall–Kier alpha value is -3.15. The molecule has 0 amide bonds. The lowest BCUT2D eigenvalue weighted by Crippen LogP contribution is -2.12. The van der Waals surface area contributed by atoms with E-state index in [4.69, 9.17) is 4.74 Å². The molecule has 28 heavy (non-hydrogen) atoms. The number of benzene rings is 2. The predicted octanol–water partition coefficient (Wildman–Crippen LogP) is 5.05. The summed E-state index contributed by atoms with van der Waals surface area (Å²) in [7, 11) is 3.18. The van der Waals surface area contributed by atoms with Crippen molar-refractivity contribution in [1.29, 1.82) is 0 Å². The summed E-state index contributed by atoms with van der Waals surface area (Å²) in [6, 6.07) is 13.5. The number of methoxy groups -OCH3 is 1. The lowest BCUT2D eigenvalue weighted by molar-refractivity contribution is 0.0602. The van der Waals surface area contributed by atoms with Gasteiger partial charge < -0.3 is 10.1 Å². The van der Waals surface area contributed by atoms with Gasteiger partial charge in [0.05, 0.1) is 24.1 Å². The Morgan fingerprint density at radius 1 is 1.11 bits per heavy atom. The normalized spacial score (nSPS) is 11.4. The molecule has 146 valence electrons. The van der Waals surface area contributed by atoms with Crippen LogP contribution >= 0.6 is 0 Å². The van der Waals surface area contributed by atoms with Crippen LogP contribution in [0.5, 0.6) is 0 Å². The van der Waals surface area contributed by atoms with Crippen molar-refractivity contribution in [3.63, 3.8) is 0 Å². The number of hydrogen-bond acceptors (Lipinski definition) is 4. The molecule has 0 aliphatic rings. The van der Waals surface area contributed by atoms with Gasteiger partial charge in [-0.05, 0) is 35.4 Å². The van der Waals surface area contributed by atoms with Gasteiger partial charge in [0.2, 0.25) is 0 Å². The average molecular weight is 381 g/mol. The third-order valence-electron chi connectivity index (χ3n) is 4.49. The van der Waals surface area contributed by atoms with Gasteiger partial charge in [-0.15, -0.1) is 0 Å². The van der Waals surface area contributed by atoms with Gasteiger partial charge in [0, 0.05) is 18.5 Å². The van der Waals surface area contributed by atoms with Crippen molar-refractivity contribution in [2.45, 2.75) is 26.2 Å². The Balaban J connectivity index is 2.06. The second kappa shape index (κ2) is 7.46. The predicted molar refractivity (Wildman–Crippen MR) is 108 cm³/mol. The molecule has 3 rings (SSSR count). The van der Waals surface area contributed by atoms with Crippen LogP contribution in [0.3, 0.4) is 0 Å². The van der Waals surface area contributed by atoms with Gasteiger partial charge in [-0.3, -0.25) is 4.68 Å². The fourth-order valence-corrected chi connectivity index (χ4v) is 2.87. The third kappa shape index (κ3) is 4.06. The summed E-state index contributed by atoms with van der Waals surface area (Å²) in [6.07, 6.45) is 0. The maximum Gasteiger partial charge on any atom is 0.339 e. The maximum atomic E-state index is 13.6. The van der Waals surface area contributed by atoms with E-state index in [1.54, 1.807) is 22.9 Å². The van der Waals surface area contributed by atoms with Crippen molar-refractivity contribution in [3.05, 3.63) is 65.6 Å². The second-order valence-corrected chi connectivity index (χ2v) is 7.68. The van der Waals surface area contributed by atoms with Gasteiger partial charge >= 0.3 is 5.97 Å². The first-order valence-electron chi connectivity index (χ1n) is 8.99. The third-order valence-corrected chi connectivity index (χ3v) is 4.49. The molecule has 0 saturated heterocycles. The topological polar surface area (TPSA) is 56.1 Å². The number of hydrogen-bond donors (Lipinski definition) is 1. The molecule has 5 nitrogen and oxygen atoms in total. The molecule has 0 radical (unpaired) electrons.